The Morgan fingerprint density at radius 1 is 1.57 bits per heavy atom. The molecule has 1 aromatic rings. The summed E-state index contributed by atoms with van der Waals surface area (Å²) in [5, 5.41) is 7.24. The third-order valence-corrected chi connectivity index (χ3v) is 2.00. The molecule has 1 heterocycles. The van der Waals surface area contributed by atoms with Crippen LogP contribution in [0.1, 0.15) is 24.6 Å². The number of rotatable bonds is 4. The van der Waals surface area contributed by atoms with Crippen LogP contribution in [0.15, 0.2) is 10.9 Å². The molecule has 1 aromatic heterocycles. The molecule has 0 amide bonds. The molecule has 4 heteroatoms. The van der Waals surface area contributed by atoms with E-state index in [-0.39, 0.29) is 5.56 Å². The Bertz CT molecular complexity index is 357. The van der Waals surface area contributed by atoms with Gasteiger partial charge in [0.05, 0.1) is 5.69 Å². The molecule has 4 nitrogen and oxygen atoms in total. The fraction of sp³-hybridized carbons (Fsp3) is 0.600. The fourth-order valence-corrected chi connectivity index (χ4v) is 1.36. The Labute approximate surface area is 84.0 Å². The van der Waals surface area contributed by atoms with Crippen LogP contribution in [-0.4, -0.2) is 16.3 Å². The van der Waals surface area contributed by atoms with E-state index >= 15 is 0 Å². The molecule has 0 fully saturated rings. The molecule has 0 aromatic carbocycles. The molecular weight excluding hydrogens is 178 g/mol. The van der Waals surface area contributed by atoms with Gasteiger partial charge < -0.3 is 5.32 Å². The molecule has 0 aliphatic rings. The second-order valence-electron chi connectivity index (χ2n) is 3.42. The summed E-state index contributed by atoms with van der Waals surface area (Å²) < 4.78 is 1.39. The van der Waals surface area contributed by atoms with E-state index < -0.39 is 0 Å². The first-order valence-electron chi connectivity index (χ1n) is 4.89. The maximum Gasteiger partial charge on any atom is 0.270 e. The average molecular weight is 195 g/mol. The van der Waals surface area contributed by atoms with Crippen molar-refractivity contribution in [2.45, 2.75) is 26.8 Å². The molecule has 0 spiro atoms. The number of hydrogen-bond donors (Lipinski definition) is 1. The van der Waals surface area contributed by atoms with Crippen molar-refractivity contribution in [3.05, 3.63) is 27.7 Å². The lowest BCUT2D eigenvalue weighted by Gasteiger charge is -2.05. The second kappa shape index (κ2) is 4.91. The molecule has 1 rings (SSSR count). The predicted octanol–water partition coefficient (Wildman–Crippen LogP) is 0.588. The van der Waals surface area contributed by atoms with Gasteiger partial charge in [-0.25, -0.2) is 4.68 Å². The van der Waals surface area contributed by atoms with Crippen molar-refractivity contribution in [3.63, 3.8) is 0 Å². The number of nitrogens with zero attached hydrogens (tertiary/aromatic N) is 2. The lowest BCUT2D eigenvalue weighted by atomic mass is 10.2. The minimum absolute atomic E-state index is 0.0146. The van der Waals surface area contributed by atoms with E-state index in [9.17, 15) is 4.79 Å². The highest BCUT2D eigenvalue weighted by Crippen LogP contribution is 1.94. The van der Waals surface area contributed by atoms with Crippen molar-refractivity contribution >= 4 is 0 Å². The Morgan fingerprint density at radius 2 is 2.29 bits per heavy atom. The van der Waals surface area contributed by atoms with E-state index in [0.29, 0.717) is 6.54 Å². The van der Waals surface area contributed by atoms with Crippen LogP contribution in [0.5, 0.6) is 0 Å². The normalized spacial score (nSPS) is 10.5. The highest BCUT2D eigenvalue weighted by Gasteiger charge is 2.02. The molecule has 0 saturated carbocycles. The summed E-state index contributed by atoms with van der Waals surface area (Å²) >= 11 is 0. The van der Waals surface area contributed by atoms with E-state index in [2.05, 4.69) is 17.3 Å². The highest BCUT2D eigenvalue weighted by molar-refractivity contribution is 5.12. The fourth-order valence-electron chi connectivity index (χ4n) is 1.36. The van der Waals surface area contributed by atoms with Crippen molar-refractivity contribution in [1.82, 2.24) is 15.1 Å². The van der Waals surface area contributed by atoms with E-state index in [1.807, 2.05) is 13.0 Å². The van der Waals surface area contributed by atoms with Gasteiger partial charge in [-0.05, 0) is 26.0 Å². The Kier molecular flexibility index (Phi) is 3.83. The van der Waals surface area contributed by atoms with E-state index in [1.165, 1.54) is 4.68 Å². The molecule has 0 aliphatic carbocycles. The molecule has 0 unspecified atom stereocenters. The monoisotopic (exact) mass is 195 g/mol. The van der Waals surface area contributed by atoms with Gasteiger partial charge in [-0.2, -0.15) is 5.10 Å². The zero-order chi connectivity index (χ0) is 10.6. The van der Waals surface area contributed by atoms with Gasteiger partial charge in [-0.1, -0.05) is 6.92 Å². The summed E-state index contributed by atoms with van der Waals surface area (Å²) in [4.78, 5) is 11.6. The van der Waals surface area contributed by atoms with E-state index in [4.69, 9.17) is 0 Å². The molecule has 14 heavy (non-hydrogen) atoms. The Balaban J connectivity index is 2.81. The van der Waals surface area contributed by atoms with Crippen LogP contribution in [0.3, 0.4) is 0 Å². The van der Waals surface area contributed by atoms with Crippen LogP contribution in [0, 0.1) is 6.92 Å². The molecule has 78 valence electrons. The van der Waals surface area contributed by atoms with Gasteiger partial charge in [-0.15, -0.1) is 0 Å². The minimum atomic E-state index is -0.0146. The smallest absolute Gasteiger partial charge is 0.270 e. The SMILES string of the molecule is CCCNCc1cc(C)nn(C)c1=O. The van der Waals surface area contributed by atoms with E-state index in [0.717, 1.165) is 24.2 Å². The van der Waals surface area contributed by atoms with Crippen molar-refractivity contribution in [1.29, 1.82) is 0 Å². The summed E-state index contributed by atoms with van der Waals surface area (Å²) in [6.45, 7) is 5.56. The van der Waals surface area contributed by atoms with Crippen LogP contribution in [0.2, 0.25) is 0 Å². The van der Waals surface area contributed by atoms with Crippen LogP contribution >= 0.6 is 0 Å². The second-order valence-corrected chi connectivity index (χ2v) is 3.42. The van der Waals surface area contributed by atoms with Gasteiger partial charge in [0.1, 0.15) is 0 Å². The summed E-state index contributed by atoms with van der Waals surface area (Å²) in [7, 11) is 1.68. The minimum Gasteiger partial charge on any atom is -0.312 e. The lowest BCUT2D eigenvalue weighted by molar-refractivity contribution is 0.635. The number of nitrogens with one attached hydrogen (secondary N) is 1. The van der Waals surface area contributed by atoms with Crippen molar-refractivity contribution in [2.24, 2.45) is 7.05 Å². The van der Waals surface area contributed by atoms with Crippen molar-refractivity contribution < 1.29 is 0 Å². The molecule has 0 atom stereocenters. The summed E-state index contributed by atoms with van der Waals surface area (Å²) in [6, 6.07) is 1.84. The first kappa shape index (κ1) is 10.9. The zero-order valence-electron chi connectivity index (χ0n) is 9.00. The molecular formula is C10H17N3O. The van der Waals surface area contributed by atoms with Gasteiger partial charge in [-0.3, -0.25) is 4.79 Å². The first-order chi connectivity index (χ1) is 6.65. The summed E-state index contributed by atoms with van der Waals surface area (Å²) in [5.74, 6) is 0. The van der Waals surface area contributed by atoms with Crippen LogP contribution < -0.4 is 10.9 Å². The quantitative estimate of drug-likeness (QED) is 0.715. The number of aromatic nitrogens is 2. The summed E-state index contributed by atoms with van der Waals surface area (Å²) in [5.41, 5.74) is 1.65. The van der Waals surface area contributed by atoms with E-state index in [1.54, 1.807) is 7.05 Å². The van der Waals surface area contributed by atoms with Crippen LogP contribution in [0.25, 0.3) is 0 Å². The van der Waals surface area contributed by atoms with Gasteiger partial charge in [0.25, 0.3) is 5.56 Å². The average Bonchev–Trinajstić information content (AvgIpc) is 2.13. The predicted molar refractivity (Wildman–Crippen MR) is 56.2 cm³/mol. The van der Waals surface area contributed by atoms with Gasteiger partial charge in [0.2, 0.25) is 0 Å². The lowest BCUT2D eigenvalue weighted by Crippen LogP contribution is -2.28. The van der Waals surface area contributed by atoms with Gasteiger partial charge >= 0.3 is 0 Å². The Hall–Kier alpha value is -1.16. The maximum atomic E-state index is 11.6. The largest absolute Gasteiger partial charge is 0.312 e. The molecule has 0 saturated heterocycles. The zero-order valence-corrected chi connectivity index (χ0v) is 9.00. The maximum absolute atomic E-state index is 11.6. The van der Waals surface area contributed by atoms with Gasteiger partial charge in [0, 0.05) is 19.2 Å². The molecule has 0 radical (unpaired) electrons. The molecule has 0 aliphatic heterocycles. The molecule has 1 N–H and O–H groups in total. The van der Waals surface area contributed by atoms with Crippen LogP contribution in [-0.2, 0) is 13.6 Å². The van der Waals surface area contributed by atoms with Crippen molar-refractivity contribution in [2.75, 3.05) is 6.54 Å². The third-order valence-electron chi connectivity index (χ3n) is 2.00. The summed E-state index contributed by atoms with van der Waals surface area (Å²) in [6.07, 6.45) is 1.07. The number of hydrogen-bond acceptors (Lipinski definition) is 3. The van der Waals surface area contributed by atoms with Crippen LogP contribution in [0.4, 0.5) is 0 Å². The number of aryl methyl sites for hydroxylation is 2. The topological polar surface area (TPSA) is 46.9 Å². The Morgan fingerprint density at radius 3 is 2.93 bits per heavy atom. The first-order valence-corrected chi connectivity index (χ1v) is 4.89. The third kappa shape index (κ3) is 2.67. The van der Waals surface area contributed by atoms with Gasteiger partial charge in [0.15, 0.2) is 0 Å². The highest BCUT2D eigenvalue weighted by atomic mass is 16.1. The standard InChI is InChI=1S/C10H17N3O/c1-4-5-11-7-9-6-8(2)12-13(3)10(9)14/h6,11H,4-5,7H2,1-3H3. The molecule has 0 bridgehead atoms. The van der Waals surface area contributed by atoms with Crippen molar-refractivity contribution in [3.8, 4) is 0 Å².